The molecule has 0 saturated carbocycles. The van der Waals surface area contributed by atoms with E-state index in [2.05, 4.69) is 5.32 Å². The van der Waals surface area contributed by atoms with Crippen molar-refractivity contribution < 1.29 is 13.2 Å². The topological polar surface area (TPSA) is 12.0 Å². The van der Waals surface area contributed by atoms with E-state index in [1.54, 1.807) is 25.1 Å². The van der Waals surface area contributed by atoms with Gasteiger partial charge >= 0.3 is 0 Å². The fourth-order valence-corrected chi connectivity index (χ4v) is 2.29. The second kappa shape index (κ2) is 4.86. The molecule has 1 aliphatic heterocycles. The number of halogens is 4. The Morgan fingerprint density at radius 1 is 1.24 bits per heavy atom. The standard InChI is InChI=1S/C12H14F3N.ClH/c1-11(8-12(14,15)6-7-16-11)9-4-2-3-5-10(9)13;/h2-5,16H,6-8H2,1H3;1H. The monoisotopic (exact) mass is 265 g/mol. The maximum absolute atomic E-state index is 13.6. The maximum Gasteiger partial charge on any atom is 0.251 e. The summed E-state index contributed by atoms with van der Waals surface area (Å²) in [5.41, 5.74) is -0.665. The second-order valence-electron chi connectivity index (χ2n) is 4.52. The van der Waals surface area contributed by atoms with Crippen LogP contribution in [-0.2, 0) is 5.54 Å². The molecule has 1 aromatic carbocycles. The normalized spacial score (nSPS) is 27.3. The van der Waals surface area contributed by atoms with Crippen LogP contribution in [0.25, 0.3) is 0 Å². The number of alkyl halides is 2. The van der Waals surface area contributed by atoms with E-state index < -0.39 is 17.3 Å². The fraction of sp³-hybridized carbons (Fsp3) is 0.500. The van der Waals surface area contributed by atoms with Gasteiger partial charge < -0.3 is 5.32 Å². The van der Waals surface area contributed by atoms with E-state index in [1.165, 1.54) is 6.07 Å². The molecule has 1 atom stereocenters. The maximum atomic E-state index is 13.6. The highest BCUT2D eigenvalue weighted by Crippen LogP contribution is 2.39. The first-order valence-electron chi connectivity index (χ1n) is 5.31. The van der Waals surface area contributed by atoms with Crippen molar-refractivity contribution in [2.24, 2.45) is 0 Å². The SMILES string of the molecule is CC1(c2ccccc2F)CC(F)(F)CCN1.Cl. The molecule has 0 bridgehead atoms. The first-order valence-corrected chi connectivity index (χ1v) is 5.31. The van der Waals surface area contributed by atoms with Crippen LogP contribution in [0, 0.1) is 5.82 Å². The zero-order valence-electron chi connectivity index (χ0n) is 9.47. The van der Waals surface area contributed by atoms with Crippen molar-refractivity contribution in [1.29, 1.82) is 0 Å². The Morgan fingerprint density at radius 2 is 1.88 bits per heavy atom. The second-order valence-corrected chi connectivity index (χ2v) is 4.52. The molecule has 1 unspecified atom stereocenters. The zero-order valence-corrected chi connectivity index (χ0v) is 10.3. The van der Waals surface area contributed by atoms with Gasteiger partial charge in [0.05, 0.1) is 0 Å². The third kappa shape index (κ3) is 2.93. The summed E-state index contributed by atoms with van der Waals surface area (Å²) < 4.78 is 40.3. The fourth-order valence-electron chi connectivity index (χ4n) is 2.29. The van der Waals surface area contributed by atoms with Crippen LogP contribution in [0.3, 0.4) is 0 Å². The summed E-state index contributed by atoms with van der Waals surface area (Å²) in [6.45, 7) is 1.83. The molecule has 0 aromatic heterocycles. The van der Waals surface area contributed by atoms with Crippen LogP contribution in [0.4, 0.5) is 13.2 Å². The predicted molar refractivity (Wildman–Crippen MR) is 63.2 cm³/mol. The number of piperidine rings is 1. The van der Waals surface area contributed by atoms with E-state index in [-0.39, 0.29) is 31.8 Å². The summed E-state index contributed by atoms with van der Waals surface area (Å²) >= 11 is 0. The molecule has 17 heavy (non-hydrogen) atoms. The number of hydrogen-bond donors (Lipinski definition) is 1. The first-order chi connectivity index (χ1) is 7.43. The first kappa shape index (κ1) is 14.3. The lowest BCUT2D eigenvalue weighted by Crippen LogP contribution is -2.50. The van der Waals surface area contributed by atoms with Crippen molar-refractivity contribution in [3.8, 4) is 0 Å². The van der Waals surface area contributed by atoms with Gasteiger partial charge in [-0.25, -0.2) is 13.2 Å². The average molecular weight is 266 g/mol. The summed E-state index contributed by atoms with van der Waals surface area (Å²) in [4.78, 5) is 0. The van der Waals surface area contributed by atoms with Gasteiger partial charge in [-0.3, -0.25) is 0 Å². The van der Waals surface area contributed by atoms with Crippen molar-refractivity contribution in [3.05, 3.63) is 35.6 Å². The van der Waals surface area contributed by atoms with E-state index in [9.17, 15) is 13.2 Å². The van der Waals surface area contributed by atoms with Crippen LogP contribution in [0.1, 0.15) is 25.3 Å². The van der Waals surface area contributed by atoms with Crippen molar-refractivity contribution in [1.82, 2.24) is 5.32 Å². The summed E-state index contributed by atoms with van der Waals surface area (Å²) in [5, 5.41) is 2.99. The highest BCUT2D eigenvalue weighted by Gasteiger charge is 2.44. The molecule has 96 valence electrons. The van der Waals surface area contributed by atoms with Gasteiger partial charge in [-0.15, -0.1) is 12.4 Å². The van der Waals surface area contributed by atoms with E-state index in [1.807, 2.05) is 0 Å². The lowest BCUT2D eigenvalue weighted by Gasteiger charge is -2.39. The smallest absolute Gasteiger partial charge is 0.251 e. The number of benzene rings is 1. The Morgan fingerprint density at radius 3 is 2.47 bits per heavy atom. The molecule has 1 nitrogen and oxygen atoms in total. The summed E-state index contributed by atoms with van der Waals surface area (Å²) in [5.74, 6) is -3.15. The van der Waals surface area contributed by atoms with Gasteiger partial charge in [0.25, 0.3) is 5.92 Å². The molecule has 5 heteroatoms. The molecule has 1 heterocycles. The lowest BCUT2D eigenvalue weighted by atomic mass is 9.82. The molecular weight excluding hydrogens is 251 g/mol. The summed E-state index contributed by atoms with van der Waals surface area (Å²) in [6, 6.07) is 6.08. The number of hydrogen-bond acceptors (Lipinski definition) is 1. The van der Waals surface area contributed by atoms with Gasteiger partial charge in [-0.05, 0) is 13.0 Å². The third-order valence-corrected chi connectivity index (χ3v) is 3.09. The molecule has 1 N–H and O–H groups in total. The minimum atomic E-state index is -2.72. The van der Waals surface area contributed by atoms with Gasteiger partial charge in [-0.1, -0.05) is 18.2 Å². The Kier molecular flexibility index (Phi) is 4.10. The largest absolute Gasteiger partial charge is 0.307 e. The Bertz CT molecular complexity index is 397. The van der Waals surface area contributed by atoms with Crippen LogP contribution in [0.5, 0.6) is 0 Å². The van der Waals surface area contributed by atoms with E-state index in [0.29, 0.717) is 5.56 Å². The van der Waals surface area contributed by atoms with Crippen LogP contribution >= 0.6 is 12.4 Å². The van der Waals surface area contributed by atoms with Gasteiger partial charge in [0.2, 0.25) is 0 Å². The van der Waals surface area contributed by atoms with Crippen LogP contribution in [0.15, 0.2) is 24.3 Å². The van der Waals surface area contributed by atoms with Gasteiger partial charge in [0.1, 0.15) is 5.82 Å². The summed E-state index contributed by atoms with van der Waals surface area (Å²) in [6.07, 6.45) is -0.544. The van der Waals surface area contributed by atoms with E-state index in [0.717, 1.165) is 0 Å². The van der Waals surface area contributed by atoms with E-state index >= 15 is 0 Å². The zero-order chi connectivity index (χ0) is 11.8. The van der Waals surface area contributed by atoms with Crippen molar-refractivity contribution in [2.45, 2.75) is 31.2 Å². The van der Waals surface area contributed by atoms with Gasteiger partial charge in [0.15, 0.2) is 0 Å². The van der Waals surface area contributed by atoms with Gasteiger partial charge in [0, 0.05) is 30.5 Å². The Hall–Kier alpha value is -0.740. The molecule has 0 aliphatic carbocycles. The predicted octanol–water partition coefficient (Wildman–Crippen LogP) is 3.48. The molecule has 1 saturated heterocycles. The number of rotatable bonds is 1. The highest BCUT2D eigenvalue weighted by atomic mass is 35.5. The van der Waals surface area contributed by atoms with E-state index in [4.69, 9.17) is 0 Å². The summed E-state index contributed by atoms with van der Waals surface area (Å²) in [7, 11) is 0. The lowest BCUT2D eigenvalue weighted by molar-refractivity contribution is -0.0617. The van der Waals surface area contributed by atoms with Crippen molar-refractivity contribution in [2.75, 3.05) is 6.54 Å². The number of nitrogens with one attached hydrogen (secondary N) is 1. The minimum absolute atomic E-state index is 0. The highest BCUT2D eigenvalue weighted by molar-refractivity contribution is 5.85. The quantitative estimate of drug-likeness (QED) is 0.820. The minimum Gasteiger partial charge on any atom is -0.307 e. The Balaban J connectivity index is 0.00000144. The van der Waals surface area contributed by atoms with Crippen LogP contribution < -0.4 is 5.32 Å². The molecule has 0 radical (unpaired) electrons. The van der Waals surface area contributed by atoms with Gasteiger partial charge in [-0.2, -0.15) is 0 Å². The molecule has 2 rings (SSSR count). The third-order valence-electron chi connectivity index (χ3n) is 3.09. The van der Waals surface area contributed by atoms with Crippen LogP contribution in [-0.4, -0.2) is 12.5 Å². The molecule has 1 aromatic rings. The molecule has 0 amide bonds. The molecule has 1 aliphatic rings. The van der Waals surface area contributed by atoms with Crippen molar-refractivity contribution >= 4 is 12.4 Å². The van der Waals surface area contributed by atoms with Crippen molar-refractivity contribution in [3.63, 3.8) is 0 Å². The Labute approximate surface area is 105 Å². The van der Waals surface area contributed by atoms with Crippen LogP contribution in [0.2, 0.25) is 0 Å². The average Bonchev–Trinajstić information content (AvgIpc) is 2.16. The molecular formula is C12H15ClF3N. The molecule has 0 spiro atoms. The molecule has 1 fully saturated rings.